The Bertz CT molecular complexity index is 900. The minimum Gasteiger partial charge on any atom is -0.494 e. The van der Waals surface area contributed by atoms with E-state index in [4.69, 9.17) is 4.74 Å². The van der Waals surface area contributed by atoms with Gasteiger partial charge in [0.25, 0.3) is 5.91 Å². The predicted octanol–water partition coefficient (Wildman–Crippen LogP) is 4.01. The number of nitrogens with one attached hydrogen (secondary N) is 2. The van der Waals surface area contributed by atoms with E-state index in [-0.39, 0.29) is 11.6 Å². The summed E-state index contributed by atoms with van der Waals surface area (Å²) in [6.45, 7) is 2.51. The Morgan fingerprint density at radius 1 is 1.12 bits per heavy atom. The van der Waals surface area contributed by atoms with Crippen molar-refractivity contribution in [2.75, 3.05) is 17.2 Å². The van der Waals surface area contributed by atoms with Gasteiger partial charge in [0.1, 0.15) is 17.3 Å². The van der Waals surface area contributed by atoms with E-state index >= 15 is 0 Å². The number of hydrogen-bond donors (Lipinski definition) is 2. The highest BCUT2D eigenvalue weighted by Gasteiger charge is 2.10. The Morgan fingerprint density at radius 2 is 1.92 bits per heavy atom. The summed E-state index contributed by atoms with van der Waals surface area (Å²) < 4.78 is 18.6. The summed E-state index contributed by atoms with van der Waals surface area (Å²) >= 11 is 0. The van der Waals surface area contributed by atoms with Crippen LogP contribution < -0.4 is 15.4 Å². The van der Waals surface area contributed by atoms with Crippen LogP contribution in [0.25, 0.3) is 0 Å². The molecule has 26 heavy (non-hydrogen) atoms. The Kier molecular flexibility index (Phi) is 5.38. The first-order valence-corrected chi connectivity index (χ1v) is 8.04. The highest BCUT2D eigenvalue weighted by atomic mass is 19.1. The molecule has 0 unspecified atom stereocenters. The molecule has 0 fully saturated rings. The maximum Gasteiger partial charge on any atom is 0.274 e. The minimum atomic E-state index is -0.451. The fourth-order valence-corrected chi connectivity index (χ4v) is 2.24. The van der Waals surface area contributed by atoms with E-state index in [0.717, 1.165) is 11.4 Å². The van der Waals surface area contributed by atoms with Crippen molar-refractivity contribution in [1.82, 2.24) is 9.97 Å². The second kappa shape index (κ2) is 8.06. The van der Waals surface area contributed by atoms with Crippen LogP contribution >= 0.6 is 0 Å². The molecule has 1 aromatic heterocycles. The first-order valence-electron chi connectivity index (χ1n) is 8.04. The van der Waals surface area contributed by atoms with E-state index in [0.29, 0.717) is 12.3 Å². The first-order chi connectivity index (χ1) is 12.6. The number of nitrogens with zero attached hydrogens (tertiary/aromatic N) is 2. The number of rotatable bonds is 6. The zero-order valence-electron chi connectivity index (χ0n) is 14.1. The van der Waals surface area contributed by atoms with Crippen molar-refractivity contribution in [3.8, 4) is 5.75 Å². The van der Waals surface area contributed by atoms with E-state index in [1.54, 1.807) is 6.07 Å². The van der Waals surface area contributed by atoms with Gasteiger partial charge < -0.3 is 15.4 Å². The third-order valence-electron chi connectivity index (χ3n) is 3.39. The number of aromatic nitrogens is 2. The number of ether oxygens (including phenoxy) is 1. The van der Waals surface area contributed by atoms with Crippen molar-refractivity contribution in [1.29, 1.82) is 0 Å². The van der Waals surface area contributed by atoms with Gasteiger partial charge in [0.15, 0.2) is 0 Å². The van der Waals surface area contributed by atoms with Gasteiger partial charge in [-0.3, -0.25) is 4.79 Å². The number of anilines is 3. The van der Waals surface area contributed by atoms with Gasteiger partial charge in [0.2, 0.25) is 5.95 Å². The molecule has 3 rings (SSSR count). The summed E-state index contributed by atoms with van der Waals surface area (Å²) in [4.78, 5) is 20.6. The van der Waals surface area contributed by atoms with Crippen LogP contribution in [-0.4, -0.2) is 22.5 Å². The average molecular weight is 352 g/mol. The maximum absolute atomic E-state index is 13.2. The Labute approximate surface area is 150 Å². The number of hydrogen-bond acceptors (Lipinski definition) is 5. The molecule has 2 aromatic carbocycles. The van der Waals surface area contributed by atoms with Gasteiger partial charge in [-0.2, -0.15) is 0 Å². The van der Waals surface area contributed by atoms with E-state index in [2.05, 4.69) is 20.6 Å². The van der Waals surface area contributed by atoms with Crippen molar-refractivity contribution < 1.29 is 13.9 Å². The van der Waals surface area contributed by atoms with E-state index in [9.17, 15) is 9.18 Å². The number of amides is 1. The maximum atomic E-state index is 13.2. The molecule has 7 heteroatoms. The molecular weight excluding hydrogens is 335 g/mol. The molecule has 1 amide bonds. The van der Waals surface area contributed by atoms with Crippen molar-refractivity contribution in [3.05, 3.63) is 72.3 Å². The molecule has 0 aliphatic rings. The van der Waals surface area contributed by atoms with Crippen molar-refractivity contribution in [3.63, 3.8) is 0 Å². The van der Waals surface area contributed by atoms with Crippen LogP contribution in [0.3, 0.4) is 0 Å². The molecule has 132 valence electrons. The molecule has 6 nitrogen and oxygen atoms in total. The molecular formula is C19H17FN4O2. The van der Waals surface area contributed by atoms with Crippen molar-refractivity contribution in [2.24, 2.45) is 0 Å². The number of carbonyl (C=O) groups is 1. The first kappa shape index (κ1) is 17.3. The summed E-state index contributed by atoms with van der Waals surface area (Å²) in [5.74, 6) is 0.166. The van der Waals surface area contributed by atoms with Gasteiger partial charge in [0.05, 0.1) is 6.61 Å². The van der Waals surface area contributed by atoms with Gasteiger partial charge in [-0.05, 0) is 55.5 Å². The fourth-order valence-electron chi connectivity index (χ4n) is 2.24. The van der Waals surface area contributed by atoms with Crippen LogP contribution in [0.2, 0.25) is 0 Å². The fraction of sp³-hybridized carbons (Fsp3) is 0.105. The van der Waals surface area contributed by atoms with Crippen LogP contribution in [0.4, 0.5) is 21.7 Å². The van der Waals surface area contributed by atoms with Gasteiger partial charge in [-0.25, -0.2) is 14.4 Å². The summed E-state index contributed by atoms with van der Waals surface area (Å²) in [5.41, 5.74) is 1.28. The van der Waals surface area contributed by atoms with Crippen LogP contribution in [-0.2, 0) is 0 Å². The van der Waals surface area contributed by atoms with Crippen LogP contribution in [0.5, 0.6) is 5.75 Å². The molecule has 0 spiro atoms. The third-order valence-corrected chi connectivity index (χ3v) is 3.39. The standard InChI is InChI=1S/C19H17FN4O2/c1-2-26-16-8-6-14(7-9-16)23-19-21-11-10-17(24-19)18(25)22-15-5-3-4-13(20)12-15/h3-12H,2H2,1H3,(H,22,25)(H,21,23,24). The second-order valence-corrected chi connectivity index (χ2v) is 5.31. The van der Waals surface area contributed by atoms with Crippen molar-refractivity contribution in [2.45, 2.75) is 6.92 Å². The van der Waals surface area contributed by atoms with Gasteiger partial charge in [-0.15, -0.1) is 0 Å². The van der Waals surface area contributed by atoms with E-state index < -0.39 is 11.7 Å². The lowest BCUT2D eigenvalue weighted by Gasteiger charge is -2.08. The third kappa shape index (κ3) is 4.54. The van der Waals surface area contributed by atoms with E-state index in [1.165, 1.54) is 30.5 Å². The summed E-state index contributed by atoms with van der Waals surface area (Å²) in [7, 11) is 0. The van der Waals surface area contributed by atoms with Gasteiger partial charge >= 0.3 is 0 Å². The molecule has 3 aromatic rings. The average Bonchev–Trinajstić information content (AvgIpc) is 2.64. The quantitative estimate of drug-likeness (QED) is 0.701. The highest BCUT2D eigenvalue weighted by Crippen LogP contribution is 2.18. The normalized spacial score (nSPS) is 10.2. The highest BCUT2D eigenvalue weighted by molar-refractivity contribution is 6.02. The Morgan fingerprint density at radius 3 is 2.65 bits per heavy atom. The predicted molar refractivity (Wildman–Crippen MR) is 97.3 cm³/mol. The molecule has 0 bridgehead atoms. The van der Waals surface area contributed by atoms with Crippen LogP contribution in [0.15, 0.2) is 60.8 Å². The topological polar surface area (TPSA) is 76.1 Å². The molecule has 0 atom stereocenters. The molecule has 1 heterocycles. The lowest BCUT2D eigenvalue weighted by atomic mass is 10.3. The van der Waals surface area contributed by atoms with Gasteiger partial charge in [0, 0.05) is 17.6 Å². The smallest absolute Gasteiger partial charge is 0.274 e. The zero-order valence-corrected chi connectivity index (χ0v) is 14.1. The number of benzene rings is 2. The molecule has 0 saturated carbocycles. The monoisotopic (exact) mass is 352 g/mol. The Hall–Kier alpha value is -3.48. The lowest BCUT2D eigenvalue weighted by Crippen LogP contribution is -2.14. The molecule has 0 aliphatic carbocycles. The van der Waals surface area contributed by atoms with Crippen LogP contribution in [0, 0.1) is 5.82 Å². The summed E-state index contributed by atoms with van der Waals surface area (Å²) in [5, 5.41) is 5.62. The number of halogens is 1. The van der Waals surface area contributed by atoms with E-state index in [1.807, 2.05) is 31.2 Å². The molecule has 2 N–H and O–H groups in total. The molecule has 0 aliphatic heterocycles. The minimum absolute atomic E-state index is 0.165. The lowest BCUT2D eigenvalue weighted by molar-refractivity contribution is 0.102. The molecule has 0 radical (unpaired) electrons. The SMILES string of the molecule is CCOc1ccc(Nc2nccc(C(=O)Nc3cccc(F)c3)n2)cc1. The zero-order chi connectivity index (χ0) is 18.4. The Balaban J connectivity index is 1.70. The summed E-state index contributed by atoms with van der Waals surface area (Å²) in [6, 6.07) is 14.4. The van der Waals surface area contributed by atoms with Crippen LogP contribution in [0.1, 0.15) is 17.4 Å². The number of carbonyl (C=O) groups excluding carboxylic acids is 1. The second-order valence-electron chi connectivity index (χ2n) is 5.31. The summed E-state index contributed by atoms with van der Waals surface area (Å²) in [6.07, 6.45) is 1.48. The van der Waals surface area contributed by atoms with Gasteiger partial charge in [-0.1, -0.05) is 6.07 Å². The largest absolute Gasteiger partial charge is 0.494 e. The van der Waals surface area contributed by atoms with Crippen molar-refractivity contribution >= 4 is 23.2 Å². The molecule has 0 saturated heterocycles.